The van der Waals surface area contributed by atoms with Crippen molar-refractivity contribution >= 4 is 24.0 Å². The van der Waals surface area contributed by atoms with Gasteiger partial charge in [0.1, 0.15) is 18.4 Å². The van der Waals surface area contributed by atoms with E-state index in [1.165, 1.54) is 0 Å². The van der Waals surface area contributed by atoms with Crippen LogP contribution < -0.4 is 9.50 Å². The maximum atomic E-state index is 12.4. The highest BCUT2D eigenvalue weighted by molar-refractivity contribution is 7.60. The Morgan fingerprint density at radius 1 is 0.938 bits per heavy atom. The molecule has 0 unspecified atom stereocenters. The van der Waals surface area contributed by atoms with Crippen molar-refractivity contribution in [2.75, 3.05) is 6.61 Å². The van der Waals surface area contributed by atoms with E-state index in [0.717, 1.165) is 22.3 Å². The Labute approximate surface area is 188 Å². The van der Waals surface area contributed by atoms with Crippen LogP contribution in [0.5, 0.6) is 5.75 Å². The number of ether oxygens (including phenoxy) is 1. The third-order valence-corrected chi connectivity index (χ3v) is 5.73. The molecule has 0 fully saturated rings. The summed E-state index contributed by atoms with van der Waals surface area (Å²) in [6.07, 6.45) is -0.723. The summed E-state index contributed by atoms with van der Waals surface area (Å²) in [5.74, 6) is -0.886. The third-order valence-electron chi connectivity index (χ3n) is 5.44. The Hall–Kier alpha value is -3.65. The molecule has 0 saturated heterocycles. The number of thiol groups is 1. The lowest BCUT2D eigenvalue weighted by molar-refractivity contribution is -0.139. The number of carbonyl (C=O) groups excluding carboxylic acids is 1. The number of aliphatic carboxylic acids is 1. The molecule has 7 nitrogen and oxygen atoms in total. The molecule has 2 N–H and O–H groups in total. The highest BCUT2D eigenvalue weighted by Crippen LogP contribution is 2.44. The molecule has 1 amide bonds. The molecule has 0 heterocycles. The lowest BCUT2D eigenvalue weighted by Gasteiger charge is -2.17. The van der Waals surface area contributed by atoms with Gasteiger partial charge in [0.2, 0.25) is 0 Å². The summed E-state index contributed by atoms with van der Waals surface area (Å²) in [4.78, 5) is 24.1. The van der Waals surface area contributed by atoms with E-state index in [2.05, 4.69) is 5.32 Å². The maximum Gasteiger partial charge on any atom is 0.407 e. The Morgan fingerprint density at radius 3 is 2.09 bits per heavy atom. The van der Waals surface area contributed by atoms with Crippen molar-refractivity contribution in [2.45, 2.75) is 18.4 Å². The molecule has 0 saturated carbocycles. The van der Waals surface area contributed by atoms with Crippen molar-refractivity contribution in [3.05, 3.63) is 89.5 Å². The monoisotopic (exact) mass is 451 g/mol. The smallest absolute Gasteiger partial charge is 0.407 e. The topological polar surface area (TPSA) is 102 Å². The summed E-state index contributed by atoms with van der Waals surface area (Å²) in [5.41, 5.74) is 5.06. The molecule has 3 aromatic rings. The Bertz CT molecular complexity index is 1100. The van der Waals surface area contributed by atoms with Crippen molar-refractivity contribution in [3.63, 3.8) is 0 Å². The van der Waals surface area contributed by atoms with Gasteiger partial charge in [-0.25, -0.2) is 13.8 Å². The minimum absolute atomic E-state index is 0.0644. The van der Waals surface area contributed by atoms with E-state index in [1.807, 2.05) is 48.5 Å². The van der Waals surface area contributed by atoms with Crippen LogP contribution in [0, 0.1) is 0 Å². The summed E-state index contributed by atoms with van der Waals surface area (Å²) in [6, 6.07) is 21.3. The van der Waals surface area contributed by atoms with E-state index in [1.54, 1.807) is 24.3 Å². The summed E-state index contributed by atoms with van der Waals surface area (Å²) >= 11 is -0.470. The Balaban J connectivity index is 1.40. The zero-order valence-corrected chi connectivity index (χ0v) is 17.8. The fourth-order valence-electron chi connectivity index (χ4n) is 3.95. The lowest BCUT2D eigenvalue weighted by Crippen LogP contribution is -2.42. The van der Waals surface area contributed by atoms with E-state index >= 15 is 0 Å². The van der Waals surface area contributed by atoms with E-state index in [-0.39, 0.29) is 18.9 Å². The van der Waals surface area contributed by atoms with Crippen molar-refractivity contribution in [2.24, 2.45) is 0 Å². The average molecular weight is 452 g/mol. The molecule has 3 aromatic carbocycles. The predicted molar refractivity (Wildman–Crippen MR) is 120 cm³/mol. The molecule has 1 atom stereocenters. The number of hydrogen-bond donors (Lipinski definition) is 3. The number of carboxylic acids is 1. The normalized spacial score (nSPS) is 13.0. The quantitative estimate of drug-likeness (QED) is 0.454. The molecule has 4 rings (SSSR count). The standard InChI is InChI=1S/C24H21NO6S/c26-23(27)22(13-15-9-11-16(12-10-15)31-32-29)25-24(28)30-14-21-19-7-3-1-5-17(19)18-6-2-4-8-20(18)21/h1-12,21-22,32H,13-14H2,(H,25,28)(H,26,27)/t22-/m0/s1. The molecule has 32 heavy (non-hydrogen) atoms. The largest absolute Gasteiger partial charge is 0.480 e. The second kappa shape index (κ2) is 9.65. The first-order valence-electron chi connectivity index (χ1n) is 9.99. The first-order chi connectivity index (χ1) is 15.6. The molecule has 0 spiro atoms. The number of nitrogens with one attached hydrogen (secondary N) is 1. The average Bonchev–Trinajstić information content (AvgIpc) is 3.12. The van der Waals surface area contributed by atoms with Gasteiger partial charge in [0.25, 0.3) is 0 Å². The SMILES string of the molecule is O=[SH]Oc1ccc(C[C@H](NC(=O)OCC2c3ccccc3-c3ccccc32)C(=O)O)cc1. The van der Waals surface area contributed by atoms with Gasteiger partial charge >= 0.3 is 12.1 Å². The first-order valence-corrected chi connectivity index (χ1v) is 10.7. The molecule has 0 radical (unpaired) electrons. The van der Waals surface area contributed by atoms with E-state index in [4.69, 9.17) is 8.92 Å². The first kappa shape index (κ1) is 21.6. The molecule has 0 bridgehead atoms. The summed E-state index contributed by atoms with van der Waals surface area (Å²) in [7, 11) is 0. The number of carbonyl (C=O) groups is 2. The number of carboxylic acid groups (broad SMARTS) is 1. The van der Waals surface area contributed by atoms with Gasteiger partial charge in [0.15, 0.2) is 11.9 Å². The second-order valence-electron chi connectivity index (χ2n) is 7.37. The van der Waals surface area contributed by atoms with Crippen molar-refractivity contribution in [1.82, 2.24) is 5.32 Å². The van der Waals surface area contributed by atoms with Crippen LogP contribution in [0.3, 0.4) is 0 Å². The van der Waals surface area contributed by atoms with Crippen LogP contribution in [0.4, 0.5) is 4.79 Å². The minimum Gasteiger partial charge on any atom is -0.480 e. The second-order valence-corrected chi connectivity index (χ2v) is 7.71. The number of alkyl carbamates (subject to hydrolysis) is 1. The molecule has 1 aliphatic rings. The van der Waals surface area contributed by atoms with Gasteiger partial charge in [0, 0.05) is 12.3 Å². The Kier molecular flexibility index (Phi) is 6.51. The van der Waals surface area contributed by atoms with Crippen LogP contribution in [0.1, 0.15) is 22.6 Å². The molecule has 8 heteroatoms. The van der Waals surface area contributed by atoms with Crippen LogP contribution in [0.2, 0.25) is 0 Å². The predicted octanol–water partition coefficient (Wildman–Crippen LogP) is 3.46. The number of rotatable bonds is 8. The van der Waals surface area contributed by atoms with Gasteiger partial charge < -0.3 is 19.3 Å². The number of amides is 1. The molecule has 0 aromatic heterocycles. The maximum absolute atomic E-state index is 12.4. The van der Waals surface area contributed by atoms with E-state index in [0.29, 0.717) is 11.3 Å². The molecule has 0 aliphatic heterocycles. The van der Waals surface area contributed by atoms with Crippen molar-refractivity contribution in [3.8, 4) is 16.9 Å². The summed E-state index contributed by atoms with van der Waals surface area (Å²) in [5, 5.41) is 12.0. The van der Waals surface area contributed by atoms with E-state index in [9.17, 15) is 18.9 Å². The van der Waals surface area contributed by atoms with Crippen molar-refractivity contribution in [1.29, 1.82) is 0 Å². The number of benzene rings is 3. The Morgan fingerprint density at radius 2 is 1.53 bits per heavy atom. The van der Waals surface area contributed by atoms with Crippen LogP contribution in [-0.2, 0) is 27.9 Å². The zero-order chi connectivity index (χ0) is 22.5. The van der Waals surface area contributed by atoms with Crippen LogP contribution >= 0.6 is 0 Å². The fraction of sp³-hybridized carbons (Fsp3) is 0.167. The molecular formula is C24H21NO6S. The molecule has 1 aliphatic carbocycles. The summed E-state index contributed by atoms with van der Waals surface area (Å²) < 4.78 is 20.7. The van der Waals surface area contributed by atoms with Gasteiger partial charge in [-0.1, -0.05) is 60.7 Å². The molecule has 164 valence electrons. The van der Waals surface area contributed by atoms with Crippen LogP contribution in [0.25, 0.3) is 11.1 Å². The lowest BCUT2D eigenvalue weighted by atomic mass is 9.98. The summed E-state index contributed by atoms with van der Waals surface area (Å²) in [6.45, 7) is 0.104. The fourth-order valence-corrected chi connectivity index (χ4v) is 4.16. The van der Waals surface area contributed by atoms with Gasteiger partial charge in [-0.3, -0.25) is 0 Å². The van der Waals surface area contributed by atoms with Crippen LogP contribution in [0.15, 0.2) is 72.8 Å². The van der Waals surface area contributed by atoms with Gasteiger partial charge in [0.05, 0.1) is 0 Å². The van der Waals surface area contributed by atoms with Gasteiger partial charge in [-0.05, 0) is 39.9 Å². The van der Waals surface area contributed by atoms with Crippen molar-refractivity contribution < 1.29 is 27.8 Å². The van der Waals surface area contributed by atoms with Crippen LogP contribution in [-0.4, -0.2) is 34.0 Å². The molecular weight excluding hydrogens is 430 g/mol. The number of fused-ring (bicyclic) bond motifs is 3. The highest BCUT2D eigenvalue weighted by atomic mass is 32.2. The van der Waals surface area contributed by atoms with Gasteiger partial charge in [-0.2, -0.15) is 0 Å². The van der Waals surface area contributed by atoms with E-state index < -0.39 is 30.1 Å². The van der Waals surface area contributed by atoms with Gasteiger partial charge in [-0.15, -0.1) is 0 Å². The highest BCUT2D eigenvalue weighted by Gasteiger charge is 2.29. The number of hydrogen-bond acceptors (Lipinski definition) is 5. The minimum atomic E-state index is -1.17. The third kappa shape index (κ3) is 4.65. The zero-order valence-electron chi connectivity index (χ0n) is 16.9.